The Hall–Kier alpha value is -1.37. The Morgan fingerprint density at radius 3 is 3.00 bits per heavy atom. The number of carbonyl (C=O) groups is 1. The van der Waals surface area contributed by atoms with Gasteiger partial charge in [-0.15, -0.1) is 0 Å². The highest BCUT2D eigenvalue weighted by atomic mass is 35.5. The van der Waals surface area contributed by atoms with Crippen molar-refractivity contribution in [1.29, 1.82) is 0 Å². The summed E-state index contributed by atoms with van der Waals surface area (Å²) in [6.45, 7) is 1.18. The quantitative estimate of drug-likeness (QED) is 0.663. The third-order valence-corrected chi connectivity index (χ3v) is 3.25. The molecule has 1 saturated heterocycles. The average molecular weight is 288 g/mol. The molecule has 0 radical (unpaired) electrons. The van der Waals surface area contributed by atoms with Crippen molar-refractivity contribution in [3.63, 3.8) is 0 Å². The van der Waals surface area contributed by atoms with Gasteiger partial charge in [0.15, 0.2) is 0 Å². The molecule has 7 heteroatoms. The van der Waals surface area contributed by atoms with Gasteiger partial charge in [0, 0.05) is 12.2 Å². The summed E-state index contributed by atoms with van der Waals surface area (Å²) in [7, 11) is 0. The number of urea groups is 1. The first-order valence-corrected chi connectivity index (χ1v) is 6.35. The zero-order chi connectivity index (χ0) is 13.8. The molecular formula is C12H15ClFN3O2. The smallest absolute Gasteiger partial charge is 0.319 e. The van der Waals surface area contributed by atoms with E-state index in [0.29, 0.717) is 18.7 Å². The van der Waals surface area contributed by atoms with Crippen molar-refractivity contribution in [3.05, 3.63) is 29.0 Å². The molecular weight excluding hydrogens is 273 g/mol. The van der Waals surface area contributed by atoms with Crippen molar-refractivity contribution in [3.8, 4) is 0 Å². The molecule has 1 aliphatic heterocycles. The summed E-state index contributed by atoms with van der Waals surface area (Å²) in [6, 6.07) is 3.22. The highest BCUT2D eigenvalue weighted by Gasteiger charge is 2.24. The topological polar surface area (TPSA) is 73.4 Å². The molecule has 0 unspecified atom stereocenters. The lowest BCUT2D eigenvalue weighted by molar-refractivity contribution is 0.107. The first kappa shape index (κ1) is 14.0. The largest absolute Gasteiger partial charge is 0.390 e. The van der Waals surface area contributed by atoms with Gasteiger partial charge in [-0.3, -0.25) is 0 Å². The number of hydrogen-bond donors (Lipinski definition) is 4. The maximum Gasteiger partial charge on any atom is 0.319 e. The first-order valence-electron chi connectivity index (χ1n) is 5.97. The molecule has 1 heterocycles. The highest BCUT2D eigenvalue weighted by Crippen LogP contribution is 2.18. The van der Waals surface area contributed by atoms with Crippen LogP contribution in [0.4, 0.5) is 14.9 Å². The molecule has 2 rings (SSSR count). The van der Waals surface area contributed by atoms with E-state index in [2.05, 4.69) is 16.0 Å². The van der Waals surface area contributed by atoms with Crippen LogP contribution < -0.4 is 16.0 Å². The summed E-state index contributed by atoms with van der Waals surface area (Å²) in [5, 5.41) is 17.9. The van der Waals surface area contributed by atoms with E-state index in [4.69, 9.17) is 11.6 Å². The normalized spacial score (nSPS) is 22.9. The standard InChI is InChI=1S/C12H15ClFN3O2/c13-8-2-1-7(5-9(8)14)16-12(19)17-10-3-4-15-6-11(10)18/h1-2,5,10-11,15,18H,3-4,6H2,(H2,16,17,19)/t10-,11-/m1/s1. The SMILES string of the molecule is O=C(Nc1ccc(Cl)c(F)c1)N[C@@H]1CCNC[C@H]1O. The van der Waals surface area contributed by atoms with Gasteiger partial charge in [-0.2, -0.15) is 0 Å². The molecule has 104 valence electrons. The molecule has 1 aromatic carbocycles. The second kappa shape index (κ2) is 6.18. The number of aliphatic hydroxyl groups is 1. The first-order chi connectivity index (χ1) is 9.06. The number of nitrogens with one attached hydrogen (secondary N) is 3. The van der Waals surface area contributed by atoms with Crippen LogP contribution in [-0.4, -0.2) is 36.4 Å². The molecule has 2 atom stereocenters. The molecule has 1 aromatic rings. The minimum Gasteiger partial charge on any atom is -0.390 e. The van der Waals surface area contributed by atoms with Crippen LogP contribution >= 0.6 is 11.6 Å². The van der Waals surface area contributed by atoms with E-state index in [-0.39, 0.29) is 11.1 Å². The minimum absolute atomic E-state index is 0.000245. The van der Waals surface area contributed by atoms with E-state index in [0.717, 1.165) is 12.6 Å². The Balaban J connectivity index is 1.91. The Morgan fingerprint density at radius 1 is 1.53 bits per heavy atom. The number of amides is 2. The number of piperidine rings is 1. The molecule has 0 spiro atoms. The lowest BCUT2D eigenvalue weighted by atomic mass is 10.0. The van der Waals surface area contributed by atoms with E-state index in [1.54, 1.807) is 0 Å². The Labute approximate surface area is 115 Å². The zero-order valence-electron chi connectivity index (χ0n) is 10.1. The molecule has 0 saturated carbocycles. The number of anilines is 1. The van der Waals surface area contributed by atoms with E-state index in [1.165, 1.54) is 12.1 Å². The van der Waals surface area contributed by atoms with Gasteiger partial charge < -0.3 is 21.1 Å². The van der Waals surface area contributed by atoms with Gasteiger partial charge in [0.25, 0.3) is 0 Å². The van der Waals surface area contributed by atoms with Crippen LogP contribution in [0.1, 0.15) is 6.42 Å². The number of rotatable bonds is 2. The van der Waals surface area contributed by atoms with Gasteiger partial charge in [0.1, 0.15) is 5.82 Å². The van der Waals surface area contributed by atoms with Gasteiger partial charge in [-0.05, 0) is 31.2 Å². The van der Waals surface area contributed by atoms with Crippen LogP contribution in [0.3, 0.4) is 0 Å². The minimum atomic E-state index is -0.624. The number of β-amino-alcohol motifs (C(OH)–C–C–N with tert-alkyl or cyclic N) is 1. The summed E-state index contributed by atoms with van der Waals surface area (Å²) in [5.41, 5.74) is 0.308. The van der Waals surface area contributed by atoms with Crippen LogP contribution in [0.15, 0.2) is 18.2 Å². The maximum atomic E-state index is 13.2. The summed E-state index contributed by atoms with van der Waals surface area (Å²) in [4.78, 5) is 11.7. The molecule has 0 aromatic heterocycles. The van der Waals surface area contributed by atoms with Crippen molar-refractivity contribution >= 4 is 23.3 Å². The van der Waals surface area contributed by atoms with Crippen molar-refractivity contribution in [1.82, 2.24) is 10.6 Å². The zero-order valence-corrected chi connectivity index (χ0v) is 10.9. The molecule has 1 aliphatic rings. The molecule has 0 bridgehead atoms. The van der Waals surface area contributed by atoms with Crippen molar-refractivity contribution in [2.45, 2.75) is 18.6 Å². The molecule has 5 nitrogen and oxygen atoms in total. The molecule has 0 aliphatic carbocycles. The van der Waals surface area contributed by atoms with Crippen molar-refractivity contribution in [2.75, 3.05) is 18.4 Å². The molecule has 4 N–H and O–H groups in total. The fourth-order valence-electron chi connectivity index (χ4n) is 1.92. The van der Waals surface area contributed by atoms with Gasteiger partial charge in [0.2, 0.25) is 0 Å². The van der Waals surface area contributed by atoms with E-state index in [9.17, 15) is 14.3 Å². The Morgan fingerprint density at radius 2 is 2.32 bits per heavy atom. The van der Waals surface area contributed by atoms with Crippen molar-refractivity contribution in [2.24, 2.45) is 0 Å². The number of aliphatic hydroxyl groups excluding tert-OH is 1. The van der Waals surface area contributed by atoms with Gasteiger partial charge in [0.05, 0.1) is 17.2 Å². The van der Waals surface area contributed by atoms with E-state index >= 15 is 0 Å². The summed E-state index contributed by atoms with van der Waals surface area (Å²) in [5.74, 6) is -0.596. The summed E-state index contributed by atoms with van der Waals surface area (Å²) >= 11 is 5.55. The molecule has 1 fully saturated rings. The maximum absolute atomic E-state index is 13.2. The third-order valence-electron chi connectivity index (χ3n) is 2.94. The van der Waals surface area contributed by atoms with E-state index in [1.807, 2.05) is 0 Å². The van der Waals surface area contributed by atoms with Gasteiger partial charge >= 0.3 is 6.03 Å². The second-order valence-corrected chi connectivity index (χ2v) is 4.80. The highest BCUT2D eigenvalue weighted by molar-refractivity contribution is 6.30. The summed E-state index contributed by atoms with van der Waals surface area (Å²) in [6.07, 6.45) is 0.0188. The lowest BCUT2D eigenvalue weighted by Gasteiger charge is -2.29. The van der Waals surface area contributed by atoms with Crippen molar-refractivity contribution < 1.29 is 14.3 Å². The van der Waals surface area contributed by atoms with Crippen LogP contribution in [0, 0.1) is 5.82 Å². The van der Waals surface area contributed by atoms with Crippen LogP contribution in [0.25, 0.3) is 0 Å². The average Bonchev–Trinajstić information content (AvgIpc) is 2.37. The number of benzene rings is 1. The van der Waals surface area contributed by atoms with Gasteiger partial charge in [-0.1, -0.05) is 11.6 Å². The Bertz CT molecular complexity index is 472. The predicted octanol–water partition coefficient (Wildman–Crippen LogP) is 1.32. The lowest BCUT2D eigenvalue weighted by Crippen LogP contribution is -2.53. The van der Waals surface area contributed by atoms with E-state index < -0.39 is 18.0 Å². The number of carbonyl (C=O) groups excluding carboxylic acids is 1. The monoisotopic (exact) mass is 287 g/mol. The predicted molar refractivity (Wildman–Crippen MR) is 70.8 cm³/mol. The Kier molecular flexibility index (Phi) is 4.57. The third kappa shape index (κ3) is 3.79. The van der Waals surface area contributed by atoms with Crippen LogP contribution in [0.5, 0.6) is 0 Å². The molecule has 19 heavy (non-hydrogen) atoms. The van der Waals surface area contributed by atoms with Crippen LogP contribution in [-0.2, 0) is 0 Å². The van der Waals surface area contributed by atoms with Gasteiger partial charge in [-0.25, -0.2) is 9.18 Å². The fraction of sp³-hybridized carbons (Fsp3) is 0.417. The fourth-order valence-corrected chi connectivity index (χ4v) is 2.04. The van der Waals surface area contributed by atoms with Crippen LogP contribution in [0.2, 0.25) is 5.02 Å². The molecule has 2 amide bonds. The second-order valence-electron chi connectivity index (χ2n) is 4.39. The number of halogens is 2. The number of hydrogen-bond acceptors (Lipinski definition) is 3. The summed E-state index contributed by atoms with van der Waals surface area (Å²) < 4.78 is 13.2.